The Hall–Kier alpha value is -3.24. The molecule has 2 aromatic heterocycles. The lowest BCUT2D eigenvalue weighted by Crippen LogP contribution is -2.43. The van der Waals surface area contributed by atoms with Crippen LogP contribution in [-0.4, -0.2) is 69.8 Å². The van der Waals surface area contributed by atoms with Crippen LogP contribution < -0.4 is 15.5 Å². The van der Waals surface area contributed by atoms with E-state index in [2.05, 4.69) is 27.1 Å². The second kappa shape index (κ2) is 11.0. The van der Waals surface area contributed by atoms with E-state index in [9.17, 15) is 4.79 Å². The summed E-state index contributed by atoms with van der Waals surface area (Å²) in [4.78, 5) is 24.8. The number of hydrogen-bond donors (Lipinski definition) is 2. The summed E-state index contributed by atoms with van der Waals surface area (Å²) in [5, 5.41) is 11.8. The van der Waals surface area contributed by atoms with E-state index in [-0.39, 0.29) is 18.2 Å². The maximum atomic E-state index is 12.2. The van der Waals surface area contributed by atoms with E-state index in [1.165, 1.54) is 0 Å². The Balaban J connectivity index is 1.19. The minimum atomic E-state index is -0.157. The molecule has 3 aromatic rings. The fourth-order valence-corrected chi connectivity index (χ4v) is 6.36. The average molecular weight is 546 g/mol. The summed E-state index contributed by atoms with van der Waals surface area (Å²) in [6, 6.07) is 8.26. The molecule has 7 rings (SSSR count). The van der Waals surface area contributed by atoms with Crippen LogP contribution in [0.3, 0.4) is 0 Å². The van der Waals surface area contributed by atoms with Crippen molar-refractivity contribution in [1.29, 1.82) is 0 Å². The van der Waals surface area contributed by atoms with Crippen molar-refractivity contribution in [3.8, 4) is 11.4 Å². The van der Waals surface area contributed by atoms with Crippen LogP contribution in [0, 0.1) is 0 Å². The lowest BCUT2D eigenvalue weighted by Gasteiger charge is -2.33. The van der Waals surface area contributed by atoms with Crippen molar-refractivity contribution >= 4 is 28.6 Å². The van der Waals surface area contributed by atoms with Gasteiger partial charge in [0.25, 0.3) is 0 Å². The minimum absolute atomic E-state index is 0.157. The highest BCUT2D eigenvalue weighted by atomic mass is 16.5. The molecule has 2 amide bonds. The van der Waals surface area contributed by atoms with Gasteiger partial charge in [-0.1, -0.05) is 6.92 Å². The molecule has 4 heterocycles. The van der Waals surface area contributed by atoms with Crippen LogP contribution >= 0.6 is 0 Å². The monoisotopic (exact) mass is 545 g/mol. The molecule has 40 heavy (non-hydrogen) atoms. The minimum Gasteiger partial charge on any atom is -0.378 e. The summed E-state index contributed by atoms with van der Waals surface area (Å²) < 4.78 is 14.3. The molecule has 2 atom stereocenters. The molecule has 4 fully saturated rings. The number of nitrogens with zero attached hydrogens (tertiary/aromatic N) is 5. The van der Waals surface area contributed by atoms with Crippen molar-refractivity contribution in [1.82, 2.24) is 25.1 Å². The molecular weight excluding hydrogens is 506 g/mol. The predicted octanol–water partition coefficient (Wildman–Crippen LogP) is 5.06. The molecule has 2 N–H and O–H groups in total. The highest BCUT2D eigenvalue weighted by molar-refractivity contribution is 5.91. The molecule has 2 bridgehead atoms. The van der Waals surface area contributed by atoms with Gasteiger partial charge in [0, 0.05) is 37.0 Å². The van der Waals surface area contributed by atoms with Crippen LogP contribution in [0.4, 0.5) is 16.3 Å². The van der Waals surface area contributed by atoms with Crippen LogP contribution in [0.1, 0.15) is 70.8 Å². The second-order valence-electron chi connectivity index (χ2n) is 11.8. The highest BCUT2D eigenvalue weighted by Gasteiger charge is 2.36. The SMILES string of the molecule is CCCOC1CCC(n2ncc3c(N4CC5CCC(C4)O5)nc(-c4ccc(NC(=O)NC5CC5)cc4)nc32)CC1. The summed E-state index contributed by atoms with van der Waals surface area (Å²) in [6.45, 7) is 4.67. The Bertz CT molecular complexity index is 1340. The van der Waals surface area contributed by atoms with Gasteiger partial charge in [-0.3, -0.25) is 0 Å². The third-order valence-corrected chi connectivity index (χ3v) is 8.64. The fourth-order valence-electron chi connectivity index (χ4n) is 6.36. The number of nitrogens with one attached hydrogen (secondary N) is 2. The number of amides is 2. The first-order valence-electron chi connectivity index (χ1n) is 15.1. The van der Waals surface area contributed by atoms with Crippen LogP contribution in [0.2, 0.25) is 0 Å². The number of benzene rings is 1. The first-order valence-corrected chi connectivity index (χ1v) is 15.1. The van der Waals surface area contributed by atoms with Gasteiger partial charge in [0.05, 0.1) is 35.9 Å². The van der Waals surface area contributed by atoms with E-state index in [4.69, 9.17) is 24.5 Å². The number of ether oxygens (including phenoxy) is 2. The molecule has 1 aromatic carbocycles. The number of carbonyl (C=O) groups excluding carboxylic acids is 1. The molecule has 2 saturated carbocycles. The third-order valence-electron chi connectivity index (χ3n) is 8.64. The maximum absolute atomic E-state index is 12.2. The largest absolute Gasteiger partial charge is 0.378 e. The Labute approximate surface area is 234 Å². The van der Waals surface area contributed by atoms with E-state index in [0.717, 1.165) is 106 Å². The normalized spacial score (nSPS) is 26.3. The molecule has 0 spiro atoms. The standard InChI is InChI=1S/C30H39N7O3/c1-2-15-39-23-11-9-22(10-12-23)37-29-26(16-31-37)28(36-17-24-13-14-25(18-36)40-24)34-27(35-29)19-3-5-20(6-4-19)32-30(38)33-21-7-8-21/h3-6,16,21-25H,2,7-15,17-18H2,1H3,(H2,32,33,38). The van der Waals surface area contributed by atoms with Gasteiger partial charge in [-0.05, 0) is 82.1 Å². The average Bonchev–Trinajstić information content (AvgIpc) is 3.58. The summed E-state index contributed by atoms with van der Waals surface area (Å²) in [5.41, 5.74) is 2.56. The fraction of sp³-hybridized carbons (Fsp3) is 0.600. The maximum Gasteiger partial charge on any atom is 0.319 e. The van der Waals surface area contributed by atoms with Gasteiger partial charge in [0.15, 0.2) is 11.5 Å². The number of carbonyl (C=O) groups is 1. The van der Waals surface area contributed by atoms with E-state index >= 15 is 0 Å². The van der Waals surface area contributed by atoms with Gasteiger partial charge in [-0.15, -0.1) is 0 Å². The summed E-state index contributed by atoms with van der Waals surface area (Å²) in [5.74, 6) is 1.62. The van der Waals surface area contributed by atoms with Crippen LogP contribution in [0.25, 0.3) is 22.4 Å². The highest BCUT2D eigenvalue weighted by Crippen LogP contribution is 2.37. The van der Waals surface area contributed by atoms with Crippen LogP contribution in [0.5, 0.6) is 0 Å². The van der Waals surface area contributed by atoms with E-state index in [0.29, 0.717) is 24.0 Å². The Morgan fingerprint density at radius 2 is 1.75 bits per heavy atom. The summed E-state index contributed by atoms with van der Waals surface area (Å²) in [7, 11) is 0. The molecular formula is C30H39N7O3. The zero-order valence-corrected chi connectivity index (χ0v) is 23.2. The van der Waals surface area contributed by atoms with Crippen molar-refractivity contribution in [3.05, 3.63) is 30.5 Å². The Morgan fingerprint density at radius 3 is 2.45 bits per heavy atom. The van der Waals surface area contributed by atoms with Gasteiger partial charge < -0.3 is 25.0 Å². The zero-order chi connectivity index (χ0) is 27.1. The molecule has 2 saturated heterocycles. The second-order valence-corrected chi connectivity index (χ2v) is 11.8. The molecule has 10 heteroatoms. The van der Waals surface area contributed by atoms with Crippen LogP contribution in [-0.2, 0) is 9.47 Å². The zero-order valence-electron chi connectivity index (χ0n) is 23.2. The quantitative estimate of drug-likeness (QED) is 0.408. The third kappa shape index (κ3) is 5.39. The Morgan fingerprint density at radius 1 is 1.00 bits per heavy atom. The predicted molar refractivity (Wildman–Crippen MR) is 154 cm³/mol. The molecule has 4 aliphatic rings. The van der Waals surface area contributed by atoms with Crippen molar-refractivity contribution < 1.29 is 14.3 Å². The smallest absolute Gasteiger partial charge is 0.319 e. The first-order chi connectivity index (χ1) is 19.6. The topological polar surface area (TPSA) is 106 Å². The summed E-state index contributed by atoms with van der Waals surface area (Å²) >= 11 is 0. The lowest BCUT2D eigenvalue weighted by molar-refractivity contribution is 0.0191. The van der Waals surface area contributed by atoms with Crippen molar-refractivity contribution in [2.75, 3.05) is 29.9 Å². The molecule has 10 nitrogen and oxygen atoms in total. The number of anilines is 2. The van der Waals surface area contributed by atoms with Crippen LogP contribution in [0.15, 0.2) is 30.5 Å². The van der Waals surface area contributed by atoms with Crippen molar-refractivity contribution in [2.24, 2.45) is 0 Å². The number of rotatable bonds is 8. The van der Waals surface area contributed by atoms with Gasteiger partial charge in [0.1, 0.15) is 5.82 Å². The molecule has 2 aliphatic carbocycles. The lowest BCUT2D eigenvalue weighted by atomic mass is 9.93. The van der Waals surface area contributed by atoms with Gasteiger partial charge in [-0.2, -0.15) is 5.10 Å². The molecule has 0 radical (unpaired) electrons. The van der Waals surface area contributed by atoms with Gasteiger partial charge in [0.2, 0.25) is 0 Å². The van der Waals surface area contributed by atoms with E-state index in [1.807, 2.05) is 30.5 Å². The number of aromatic nitrogens is 4. The number of fused-ring (bicyclic) bond motifs is 3. The summed E-state index contributed by atoms with van der Waals surface area (Å²) in [6.07, 6.45) is 12.4. The molecule has 2 aliphatic heterocycles. The number of hydrogen-bond acceptors (Lipinski definition) is 7. The Kier molecular flexibility index (Phi) is 7.05. The van der Waals surface area contributed by atoms with E-state index < -0.39 is 0 Å². The van der Waals surface area contributed by atoms with Crippen molar-refractivity contribution in [3.63, 3.8) is 0 Å². The van der Waals surface area contributed by atoms with Gasteiger partial charge in [-0.25, -0.2) is 19.4 Å². The first kappa shape index (κ1) is 25.7. The number of urea groups is 1. The van der Waals surface area contributed by atoms with E-state index in [1.54, 1.807) is 0 Å². The number of morpholine rings is 1. The molecule has 212 valence electrons. The van der Waals surface area contributed by atoms with Gasteiger partial charge >= 0.3 is 6.03 Å². The molecule has 2 unspecified atom stereocenters. The van der Waals surface area contributed by atoms with Crippen molar-refractivity contribution in [2.45, 2.75) is 95.1 Å².